The maximum absolute atomic E-state index is 15.1. The molecule has 0 atom stereocenters. The summed E-state index contributed by atoms with van der Waals surface area (Å²) in [5, 5.41) is 0. The van der Waals surface area contributed by atoms with Crippen LogP contribution >= 0.6 is 0 Å². The van der Waals surface area contributed by atoms with Gasteiger partial charge in [0, 0.05) is 22.6 Å². The maximum Gasteiger partial charge on any atom is 0.201 e. The average Bonchev–Trinajstić information content (AvgIpc) is 2.96. The molecule has 39 heavy (non-hydrogen) atoms. The van der Waals surface area contributed by atoms with Crippen molar-refractivity contribution < 1.29 is 31.8 Å². The van der Waals surface area contributed by atoms with Gasteiger partial charge in [0.2, 0.25) is 5.82 Å². The molecule has 1 aliphatic rings. The van der Waals surface area contributed by atoms with Crippen molar-refractivity contribution in [3.05, 3.63) is 77.4 Å². The lowest BCUT2D eigenvalue weighted by Gasteiger charge is -2.30. The summed E-state index contributed by atoms with van der Waals surface area (Å²) in [7, 11) is 0. The van der Waals surface area contributed by atoms with Crippen LogP contribution in [-0.2, 0) is 9.47 Å². The van der Waals surface area contributed by atoms with E-state index >= 15 is 8.78 Å². The van der Waals surface area contributed by atoms with Gasteiger partial charge in [-0.15, -0.1) is 0 Å². The molecule has 0 bridgehead atoms. The van der Waals surface area contributed by atoms with E-state index in [1.807, 2.05) is 6.92 Å². The van der Waals surface area contributed by atoms with Crippen molar-refractivity contribution >= 4 is 0 Å². The van der Waals surface area contributed by atoms with Gasteiger partial charge in [-0.05, 0) is 36.1 Å². The van der Waals surface area contributed by atoms with E-state index in [2.05, 4.69) is 6.92 Å². The van der Waals surface area contributed by atoms with Crippen LogP contribution in [0.15, 0.2) is 48.5 Å². The van der Waals surface area contributed by atoms with Gasteiger partial charge in [-0.25, -0.2) is 13.2 Å². The van der Waals surface area contributed by atoms with Crippen molar-refractivity contribution in [1.29, 1.82) is 0 Å². The van der Waals surface area contributed by atoms with Crippen LogP contribution in [0.1, 0.15) is 70.6 Å². The summed E-state index contributed by atoms with van der Waals surface area (Å²) in [6.07, 6.45) is 6.12. The molecule has 3 aromatic rings. The van der Waals surface area contributed by atoms with Gasteiger partial charge in [-0.3, -0.25) is 0 Å². The predicted molar refractivity (Wildman–Crippen MR) is 144 cm³/mol. The summed E-state index contributed by atoms with van der Waals surface area (Å²) in [4.78, 5) is 0. The fourth-order valence-corrected chi connectivity index (χ4v) is 4.77. The van der Waals surface area contributed by atoms with Crippen LogP contribution in [0.3, 0.4) is 0 Å². The molecule has 3 nitrogen and oxygen atoms in total. The molecule has 0 N–H and O–H groups in total. The molecular formula is C32H36F4O3. The highest BCUT2D eigenvalue weighted by Gasteiger charge is 2.28. The average molecular weight is 545 g/mol. The first-order chi connectivity index (χ1) is 18.9. The van der Waals surface area contributed by atoms with Gasteiger partial charge in [0.05, 0.1) is 19.8 Å². The molecule has 3 aromatic carbocycles. The highest BCUT2D eigenvalue weighted by Crippen LogP contribution is 2.35. The first-order valence-electron chi connectivity index (χ1n) is 13.9. The van der Waals surface area contributed by atoms with Gasteiger partial charge in [0.15, 0.2) is 29.5 Å². The van der Waals surface area contributed by atoms with Gasteiger partial charge in [-0.1, -0.05) is 82.3 Å². The molecule has 210 valence electrons. The molecule has 1 fully saturated rings. The summed E-state index contributed by atoms with van der Waals surface area (Å²) < 4.78 is 76.3. The lowest BCUT2D eigenvalue weighted by atomic mass is 9.98. The minimum atomic E-state index is -1.05. The molecule has 0 aromatic heterocycles. The monoisotopic (exact) mass is 544 g/mol. The number of rotatable bonds is 12. The van der Waals surface area contributed by atoms with E-state index in [0.717, 1.165) is 44.9 Å². The number of halogens is 4. The quantitative estimate of drug-likeness (QED) is 0.168. The minimum Gasteiger partial charge on any atom is -0.490 e. The van der Waals surface area contributed by atoms with Crippen molar-refractivity contribution in [3.63, 3.8) is 0 Å². The van der Waals surface area contributed by atoms with Crippen LogP contribution in [-0.4, -0.2) is 19.8 Å². The second kappa shape index (κ2) is 13.9. The Hall–Kier alpha value is -2.90. The molecule has 0 aliphatic carbocycles. The molecule has 7 heteroatoms. The molecular weight excluding hydrogens is 508 g/mol. The number of benzene rings is 3. The summed E-state index contributed by atoms with van der Waals surface area (Å²) in [5.41, 5.74) is 0.942. The summed E-state index contributed by atoms with van der Waals surface area (Å²) in [6.45, 7) is 5.40. The number of unbranched alkanes of at least 4 members (excludes halogenated alkanes) is 4. The second-order valence-electron chi connectivity index (χ2n) is 10.1. The van der Waals surface area contributed by atoms with E-state index in [-0.39, 0.29) is 28.4 Å². The van der Waals surface area contributed by atoms with E-state index in [4.69, 9.17) is 14.2 Å². The zero-order valence-electron chi connectivity index (χ0n) is 22.6. The van der Waals surface area contributed by atoms with E-state index < -0.39 is 29.6 Å². The molecule has 1 saturated heterocycles. The largest absolute Gasteiger partial charge is 0.490 e. The van der Waals surface area contributed by atoms with Crippen LogP contribution in [0.5, 0.6) is 5.75 Å². The summed E-state index contributed by atoms with van der Waals surface area (Å²) in [5.74, 6) is -3.97. The van der Waals surface area contributed by atoms with Crippen LogP contribution in [0.2, 0.25) is 0 Å². The molecule has 0 spiro atoms. The first-order valence-corrected chi connectivity index (χ1v) is 13.9. The predicted octanol–water partition coefficient (Wildman–Crippen LogP) is 9.39. The van der Waals surface area contributed by atoms with Crippen LogP contribution < -0.4 is 4.74 Å². The zero-order chi connectivity index (χ0) is 27.8. The molecule has 0 unspecified atom stereocenters. The molecule has 4 rings (SSSR count). The van der Waals surface area contributed by atoms with Crippen molar-refractivity contribution in [1.82, 2.24) is 0 Å². The van der Waals surface area contributed by atoms with Gasteiger partial charge in [0.1, 0.15) is 0 Å². The Morgan fingerprint density at radius 3 is 1.85 bits per heavy atom. The Kier molecular flexibility index (Phi) is 10.4. The fraction of sp³-hybridized carbons (Fsp3) is 0.438. The molecule has 0 radical (unpaired) electrons. The van der Waals surface area contributed by atoms with Crippen molar-refractivity contribution in [2.24, 2.45) is 5.92 Å². The normalized spacial score (nSPS) is 17.4. The van der Waals surface area contributed by atoms with Crippen molar-refractivity contribution in [2.45, 2.75) is 65.1 Å². The van der Waals surface area contributed by atoms with Crippen LogP contribution in [0, 0.1) is 29.2 Å². The molecule has 1 heterocycles. The lowest BCUT2D eigenvalue weighted by molar-refractivity contribution is -0.207. The lowest BCUT2D eigenvalue weighted by Crippen LogP contribution is -2.27. The smallest absolute Gasteiger partial charge is 0.201 e. The van der Waals surface area contributed by atoms with E-state index in [1.54, 1.807) is 24.3 Å². The Balaban J connectivity index is 1.45. The molecule has 0 amide bonds. The van der Waals surface area contributed by atoms with Crippen LogP contribution in [0.25, 0.3) is 22.3 Å². The fourth-order valence-electron chi connectivity index (χ4n) is 4.77. The second-order valence-corrected chi connectivity index (χ2v) is 10.1. The SMILES string of the molecule is CCCCCOc1ccc(-c2ccc(-c3ccc(C4OCC(CCCCC)CO4)c(F)c3F)cc2)c(F)c1F. The third kappa shape index (κ3) is 7.00. The zero-order valence-corrected chi connectivity index (χ0v) is 22.6. The Labute approximate surface area is 228 Å². The number of ether oxygens (including phenoxy) is 3. The van der Waals surface area contributed by atoms with Gasteiger partial charge < -0.3 is 14.2 Å². The Bertz CT molecular complexity index is 1220. The highest BCUT2D eigenvalue weighted by atomic mass is 19.2. The van der Waals surface area contributed by atoms with Gasteiger partial charge >= 0.3 is 0 Å². The molecule has 1 aliphatic heterocycles. The Morgan fingerprint density at radius 2 is 1.23 bits per heavy atom. The minimum absolute atomic E-state index is 0.0226. The molecule has 0 saturated carbocycles. The number of hydrogen-bond donors (Lipinski definition) is 0. The van der Waals surface area contributed by atoms with Gasteiger partial charge in [-0.2, -0.15) is 4.39 Å². The summed E-state index contributed by atoms with van der Waals surface area (Å²) >= 11 is 0. The highest BCUT2D eigenvalue weighted by molar-refractivity contribution is 5.71. The van der Waals surface area contributed by atoms with Gasteiger partial charge in [0.25, 0.3) is 0 Å². The van der Waals surface area contributed by atoms with Crippen molar-refractivity contribution in [3.8, 4) is 28.0 Å². The first kappa shape index (κ1) is 29.1. The third-order valence-corrected chi connectivity index (χ3v) is 7.11. The number of hydrogen-bond acceptors (Lipinski definition) is 3. The van der Waals surface area contributed by atoms with E-state index in [0.29, 0.717) is 30.9 Å². The van der Waals surface area contributed by atoms with E-state index in [1.165, 1.54) is 24.3 Å². The topological polar surface area (TPSA) is 27.7 Å². The van der Waals surface area contributed by atoms with Crippen LogP contribution in [0.4, 0.5) is 17.6 Å². The standard InChI is InChI=1S/C32H36F4O3/c1-3-5-7-9-21-19-38-32(39-20-21)26-15-14-24(28(33)30(26)35)22-10-12-23(13-11-22)25-16-17-27(31(36)29(25)34)37-18-8-6-4-2/h10-17,21,32H,3-9,18-20H2,1-2H3. The maximum atomic E-state index is 15.1. The third-order valence-electron chi connectivity index (χ3n) is 7.11. The van der Waals surface area contributed by atoms with Crippen molar-refractivity contribution in [2.75, 3.05) is 19.8 Å². The summed E-state index contributed by atoms with van der Waals surface area (Å²) in [6, 6.07) is 12.0. The Morgan fingerprint density at radius 1 is 0.667 bits per heavy atom. The van der Waals surface area contributed by atoms with E-state index in [9.17, 15) is 8.78 Å².